The fourth-order valence-electron chi connectivity index (χ4n) is 3.44. The Morgan fingerprint density at radius 3 is 2.71 bits per heavy atom. The first-order valence-electron chi connectivity index (χ1n) is 8.20. The van der Waals surface area contributed by atoms with Crippen molar-refractivity contribution >= 4 is 17.0 Å². The van der Waals surface area contributed by atoms with Crippen LogP contribution >= 0.6 is 0 Å². The van der Waals surface area contributed by atoms with Crippen LogP contribution in [0.3, 0.4) is 0 Å². The van der Waals surface area contributed by atoms with Gasteiger partial charge in [-0.15, -0.1) is 0 Å². The number of para-hydroxylation sites is 1. The number of halogens is 1. The lowest BCUT2D eigenvalue weighted by Crippen LogP contribution is -2.55. The summed E-state index contributed by atoms with van der Waals surface area (Å²) in [5.41, 5.74) is -0.0480. The quantitative estimate of drug-likeness (QED) is 0.899. The topological polar surface area (TPSA) is 65.6 Å². The second-order valence-electron chi connectivity index (χ2n) is 6.77. The number of carbonyl (C=O) groups is 1. The second kappa shape index (κ2) is 5.48. The molecule has 24 heavy (non-hydrogen) atoms. The number of amides is 1. The molecule has 2 N–H and O–H groups in total. The maximum atomic E-state index is 13.9. The predicted octanol–water partition coefficient (Wildman–Crippen LogP) is 3.49. The molecule has 2 aromatic rings. The number of nitrogens with zero attached hydrogens (tertiary/aromatic N) is 1. The lowest BCUT2D eigenvalue weighted by atomic mass is 9.90. The minimum Gasteiger partial charge on any atom is -0.438 e. The highest BCUT2D eigenvalue weighted by molar-refractivity contribution is 5.85. The Bertz CT molecular complexity index is 799. The molecule has 1 aliphatic heterocycles. The Kier molecular flexibility index (Phi) is 3.83. The fourth-order valence-corrected chi connectivity index (χ4v) is 3.44. The Morgan fingerprint density at radius 2 is 2.08 bits per heavy atom. The summed E-state index contributed by atoms with van der Waals surface area (Å²) in [7, 11) is 0. The van der Waals surface area contributed by atoms with Crippen LogP contribution in [0.15, 0.2) is 18.2 Å². The van der Waals surface area contributed by atoms with Crippen LogP contribution in [0, 0.1) is 12.7 Å². The number of nitrogens with one attached hydrogen (secondary N) is 1. The van der Waals surface area contributed by atoms with Crippen molar-refractivity contribution in [3.05, 3.63) is 35.3 Å². The van der Waals surface area contributed by atoms with E-state index in [1.54, 1.807) is 19.9 Å². The molecule has 1 aliphatic rings. The molecule has 6 heteroatoms. The summed E-state index contributed by atoms with van der Waals surface area (Å²) >= 11 is 0. The molecule has 130 valence electrons. The van der Waals surface area contributed by atoms with Crippen LogP contribution in [-0.4, -0.2) is 39.0 Å². The van der Waals surface area contributed by atoms with E-state index in [-0.39, 0.29) is 5.82 Å². The Balaban J connectivity index is 1.88. The molecule has 0 saturated carbocycles. The summed E-state index contributed by atoms with van der Waals surface area (Å²) in [6, 6.07) is 4.94. The van der Waals surface area contributed by atoms with Gasteiger partial charge in [-0.1, -0.05) is 19.1 Å². The van der Waals surface area contributed by atoms with E-state index in [0.29, 0.717) is 24.9 Å². The predicted molar refractivity (Wildman–Crippen MR) is 89.2 cm³/mol. The molecular weight excluding hydrogens is 311 g/mol. The number of carbonyl (C=O) groups excluding carboxylic acids is 1. The van der Waals surface area contributed by atoms with Gasteiger partial charge in [0, 0.05) is 17.6 Å². The molecule has 2 heterocycles. The van der Waals surface area contributed by atoms with Crippen molar-refractivity contribution < 1.29 is 19.0 Å². The minimum absolute atomic E-state index is 0.297. The number of aromatic amines is 1. The fraction of sp³-hybridized carbons (Fsp3) is 0.500. The molecule has 0 radical (unpaired) electrons. The van der Waals surface area contributed by atoms with Crippen LogP contribution in [-0.2, 0) is 11.2 Å². The molecule has 1 aromatic heterocycles. The number of hydrogen-bond acceptors (Lipinski definition) is 3. The standard InChI is InChI=1S/C18H23FN2O3/c1-5-17(3)18(4,23)21(16(22)24-17)10-9-12-11(2)20-15-13(12)7-6-8-14(15)19/h6-8,20,23H,5,9-10H2,1-4H3/t17-,18+/m1/s1. The molecule has 1 saturated heterocycles. The summed E-state index contributed by atoms with van der Waals surface area (Å²) in [5.74, 6) is -0.298. The van der Waals surface area contributed by atoms with E-state index in [1.165, 1.54) is 11.0 Å². The number of cyclic esters (lactones) is 1. The number of ether oxygens (including phenoxy) is 1. The molecule has 1 amide bonds. The maximum absolute atomic E-state index is 13.9. The van der Waals surface area contributed by atoms with Crippen molar-refractivity contribution in [1.82, 2.24) is 9.88 Å². The summed E-state index contributed by atoms with van der Waals surface area (Å²) in [6.45, 7) is 7.38. The van der Waals surface area contributed by atoms with Crippen molar-refractivity contribution in [2.24, 2.45) is 0 Å². The largest absolute Gasteiger partial charge is 0.438 e. The maximum Gasteiger partial charge on any atom is 0.412 e. The van der Waals surface area contributed by atoms with E-state index in [9.17, 15) is 14.3 Å². The van der Waals surface area contributed by atoms with Gasteiger partial charge in [-0.2, -0.15) is 0 Å². The summed E-state index contributed by atoms with van der Waals surface area (Å²) in [4.78, 5) is 16.6. The van der Waals surface area contributed by atoms with Gasteiger partial charge < -0.3 is 14.8 Å². The van der Waals surface area contributed by atoms with Gasteiger partial charge in [0.15, 0.2) is 11.3 Å². The third-order valence-corrected chi connectivity index (χ3v) is 5.42. The van der Waals surface area contributed by atoms with Gasteiger partial charge in [0.1, 0.15) is 5.82 Å². The van der Waals surface area contributed by atoms with E-state index in [2.05, 4.69) is 4.98 Å². The summed E-state index contributed by atoms with van der Waals surface area (Å²) < 4.78 is 19.3. The zero-order chi connectivity index (χ0) is 17.7. The van der Waals surface area contributed by atoms with Crippen molar-refractivity contribution in [2.75, 3.05) is 6.54 Å². The van der Waals surface area contributed by atoms with Crippen LogP contribution in [0.2, 0.25) is 0 Å². The number of benzene rings is 1. The van der Waals surface area contributed by atoms with E-state index >= 15 is 0 Å². The van der Waals surface area contributed by atoms with Crippen molar-refractivity contribution in [2.45, 2.75) is 51.9 Å². The molecule has 2 atom stereocenters. The van der Waals surface area contributed by atoms with E-state index in [4.69, 9.17) is 4.74 Å². The van der Waals surface area contributed by atoms with Crippen LogP contribution < -0.4 is 0 Å². The van der Waals surface area contributed by atoms with Crippen molar-refractivity contribution in [3.63, 3.8) is 0 Å². The van der Waals surface area contributed by atoms with Gasteiger partial charge in [-0.05, 0) is 45.2 Å². The molecule has 0 aliphatic carbocycles. The average Bonchev–Trinajstić information content (AvgIpc) is 2.92. The SMILES string of the molecule is CC[C@@]1(C)OC(=O)N(CCc2c(C)[nH]c3c(F)cccc23)[C@@]1(C)O. The van der Waals surface area contributed by atoms with Gasteiger partial charge in [-0.3, -0.25) is 4.90 Å². The number of aryl methyl sites for hydroxylation is 1. The average molecular weight is 334 g/mol. The molecule has 3 rings (SSSR count). The Labute approximate surface area is 140 Å². The van der Waals surface area contributed by atoms with Gasteiger partial charge >= 0.3 is 6.09 Å². The lowest BCUT2D eigenvalue weighted by molar-refractivity contribution is -0.137. The molecule has 5 nitrogen and oxygen atoms in total. The van der Waals surface area contributed by atoms with Crippen LogP contribution in [0.5, 0.6) is 0 Å². The van der Waals surface area contributed by atoms with Crippen LogP contribution in [0.4, 0.5) is 9.18 Å². The van der Waals surface area contributed by atoms with Gasteiger partial charge in [-0.25, -0.2) is 9.18 Å². The smallest absolute Gasteiger partial charge is 0.412 e. The molecular formula is C18H23FN2O3. The number of aliphatic hydroxyl groups is 1. The number of aromatic nitrogens is 1. The van der Waals surface area contributed by atoms with Gasteiger partial charge in [0.05, 0.1) is 5.52 Å². The first kappa shape index (κ1) is 16.8. The van der Waals surface area contributed by atoms with Crippen molar-refractivity contribution in [3.8, 4) is 0 Å². The zero-order valence-corrected chi connectivity index (χ0v) is 14.4. The molecule has 0 spiro atoms. The highest BCUT2D eigenvalue weighted by Gasteiger charge is 2.58. The monoisotopic (exact) mass is 334 g/mol. The first-order valence-corrected chi connectivity index (χ1v) is 8.20. The highest BCUT2D eigenvalue weighted by atomic mass is 19.1. The molecule has 0 bridgehead atoms. The molecule has 0 unspecified atom stereocenters. The van der Waals surface area contributed by atoms with Gasteiger partial charge in [0.2, 0.25) is 0 Å². The molecule has 1 aromatic carbocycles. The minimum atomic E-state index is -1.38. The summed E-state index contributed by atoms with van der Waals surface area (Å²) in [5, 5.41) is 11.6. The number of fused-ring (bicyclic) bond motifs is 1. The number of rotatable bonds is 4. The van der Waals surface area contributed by atoms with Crippen LogP contribution in [0.1, 0.15) is 38.4 Å². The Morgan fingerprint density at radius 1 is 1.38 bits per heavy atom. The summed E-state index contributed by atoms with van der Waals surface area (Å²) in [6.07, 6.45) is 0.493. The van der Waals surface area contributed by atoms with Crippen LogP contribution in [0.25, 0.3) is 10.9 Å². The number of H-pyrrole nitrogens is 1. The first-order chi connectivity index (χ1) is 11.2. The third kappa shape index (κ3) is 2.28. The zero-order valence-electron chi connectivity index (χ0n) is 14.4. The normalized spacial score (nSPS) is 27.1. The third-order valence-electron chi connectivity index (χ3n) is 5.42. The van der Waals surface area contributed by atoms with Crippen molar-refractivity contribution in [1.29, 1.82) is 0 Å². The number of hydrogen-bond donors (Lipinski definition) is 2. The van der Waals surface area contributed by atoms with Gasteiger partial charge in [0.25, 0.3) is 0 Å². The Hall–Kier alpha value is -2.08. The highest BCUT2D eigenvalue weighted by Crippen LogP contribution is 2.39. The van der Waals surface area contributed by atoms with E-state index in [1.807, 2.05) is 19.9 Å². The lowest BCUT2D eigenvalue weighted by Gasteiger charge is -2.36. The van der Waals surface area contributed by atoms with E-state index in [0.717, 1.165) is 16.6 Å². The second-order valence-corrected chi connectivity index (χ2v) is 6.77. The molecule has 1 fully saturated rings. The van der Waals surface area contributed by atoms with E-state index < -0.39 is 17.4 Å².